The summed E-state index contributed by atoms with van der Waals surface area (Å²) >= 11 is 0. The van der Waals surface area contributed by atoms with Crippen molar-refractivity contribution in [2.24, 2.45) is 5.73 Å². The zero-order chi connectivity index (χ0) is 12.1. The van der Waals surface area contributed by atoms with E-state index in [1.165, 1.54) is 0 Å². The number of fused-ring (bicyclic) bond motifs is 1. The van der Waals surface area contributed by atoms with Crippen molar-refractivity contribution in [1.82, 2.24) is 0 Å². The molecule has 18 heavy (non-hydrogen) atoms. The van der Waals surface area contributed by atoms with Crippen molar-refractivity contribution >= 4 is 12.4 Å². The summed E-state index contributed by atoms with van der Waals surface area (Å²) in [7, 11) is 0. The lowest BCUT2D eigenvalue weighted by Gasteiger charge is -2.26. The molecule has 0 aliphatic carbocycles. The molecule has 0 radical (unpaired) electrons. The van der Waals surface area contributed by atoms with Gasteiger partial charge in [0.15, 0.2) is 17.6 Å². The molecule has 1 aliphatic rings. The molecule has 2 unspecified atom stereocenters. The van der Waals surface area contributed by atoms with Crippen LogP contribution >= 0.6 is 12.4 Å². The van der Waals surface area contributed by atoms with Crippen molar-refractivity contribution < 1.29 is 19.3 Å². The predicted octanol–water partition coefficient (Wildman–Crippen LogP) is 0.584. The number of hydrogen-bond acceptors (Lipinski definition) is 5. The highest BCUT2D eigenvalue weighted by Crippen LogP contribution is 2.30. The highest BCUT2D eigenvalue weighted by atomic mass is 35.5. The van der Waals surface area contributed by atoms with Crippen LogP contribution in [0, 0.1) is 0 Å². The quantitative estimate of drug-likeness (QED) is 0.823. The third-order valence-electron chi connectivity index (χ3n) is 2.45. The first-order valence-electron chi connectivity index (χ1n) is 5.64. The molecule has 0 saturated carbocycles. The lowest BCUT2D eigenvalue weighted by molar-refractivity contribution is -0.0194. The van der Waals surface area contributed by atoms with Crippen molar-refractivity contribution in [2.75, 3.05) is 26.4 Å². The number of hydrogen-bond donors (Lipinski definition) is 2. The molecule has 0 amide bonds. The van der Waals surface area contributed by atoms with Crippen LogP contribution in [0.25, 0.3) is 0 Å². The Bertz CT molecular complexity index is 364. The number of benzene rings is 1. The summed E-state index contributed by atoms with van der Waals surface area (Å²) in [5.74, 6) is 1.48. The molecule has 2 rings (SSSR count). The van der Waals surface area contributed by atoms with Crippen molar-refractivity contribution in [2.45, 2.75) is 12.2 Å². The molecule has 0 spiro atoms. The highest BCUT2D eigenvalue weighted by molar-refractivity contribution is 5.85. The van der Waals surface area contributed by atoms with E-state index in [-0.39, 0.29) is 31.7 Å². The molecule has 2 atom stereocenters. The van der Waals surface area contributed by atoms with Crippen LogP contribution in [0.5, 0.6) is 11.5 Å². The summed E-state index contributed by atoms with van der Waals surface area (Å²) in [6.07, 6.45) is -0.762. The Balaban J connectivity index is 0.00000162. The number of aliphatic hydroxyl groups is 1. The van der Waals surface area contributed by atoms with Gasteiger partial charge in [-0.1, -0.05) is 12.1 Å². The number of ether oxygens (including phenoxy) is 3. The Labute approximate surface area is 112 Å². The van der Waals surface area contributed by atoms with Crippen LogP contribution in [-0.4, -0.2) is 43.7 Å². The molecule has 3 N–H and O–H groups in total. The van der Waals surface area contributed by atoms with Gasteiger partial charge in [-0.15, -0.1) is 12.4 Å². The van der Waals surface area contributed by atoms with Gasteiger partial charge in [0.2, 0.25) is 0 Å². The minimum Gasteiger partial charge on any atom is -0.486 e. The third-order valence-corrected chi connectivity index (χ3v) is 2.45. The maximum atomic E-state index is 9.22. The summed E-state index contributed by atoms with van der Waals surface area (Å²) in [6, 6.07) is 7.51. The van der Waals surface area contributed by atoms with Gasteiger partial charge in [-0.3, -0.25) is 0 Å². The summed E-state index contributed by atoms with van der Waals surface area (Å²) in [6.45, 7) is 1.25. The molecule has 1 aliphatic heterocycles. The fourth-order valence-electron chi connectivity index (χ4n) is 1.55. The van der Waals surface area contributed by atoms with E-state index in [2.05, 4.69) is 0 Å². The van der Waals surface area contributed by atoms with Crippen molar-refractivity contribution in [3.8, 4) is 11.5 Å². The Hall–Kier alpha value is -1.01. The average molecular weight is 276 g/mol. The van der Waals surface area contributed by atoms with Crippen LogP contribution in [0.4, 0.5) is 0 Å². The Morgan fingerprint density at radius 1 is 1.39 bits per heavy atom. The van der Waals surface area contributed by atoms with Crippen LogP contribution in [0.15, 0.2) is 24.3 Å². The van der Waals surface area contributed by atoms with Crippen LogP contribution < -0.4 is 15.2 Å². The topological polar surface area (TPSA) is 73.9 Å². The SMILES string of the molecule is Cl.NCC(O)COCC1COc2ccccc2O1. The van der Waals surface area contributed by atoms with E-state index >= 15 is 0 Å². The lowest BCUT2D eigenvalue weighted by atomic mass is 10.2. The second-order valence-corrected chi connectivity index (χ2v) is 3.92. The molecular weight excluding hydrogens is 258 g/mol. The molecule has 0 saturated heterocycles. The number of halogens is 1. The molecule has 0 bridgehead atoms. The maximum Gasteiger partial charge on any atom is 0.161 e. The standard InChI is InChI=1S/C12H17NO4.ClH/c13-5-9(14)6-15-7-10-8-16-11-3-1-2-4-12(11)17-10;/h1-4,9-10,14H,5-8,13H2;1H. The Morgan fingerprint density at radius 2 is 2.11 bits per heavy atom. The van der Waals surface area contributed by atoms with Crippen LogP contribution in [0.3, 0.4) is 0 Å². The molecular formula is C12H18ClNO4. The number of rotatable bonds is 5. The largest absolute Gasteiger partial charge is 0.486 e. The van der Waals surface area contributed by atoms with Gasteiger partial charge in [-0.2, -0.15) is 0 Å². The van der Waals surface area contributed by atoms with E-state index in [4.69, 9.17) is 19.9 Å². The molecule has 0 aromatic heterocycles. The maximum absolute atomic E-state index is 9.22. The molecule has 102 valence electrons. The van der Waals surface area contributed by atoms with Crippen molar-refractivity contribution in [3.63, 3.8) is 0 Å². The first-order chi connectivity index (χ1) is 8.29. The summed E-state index contributed by atoms with van der Waals surface area (Å²) in [5.41, 5.74) is 5.27. The third kappa shape index (κ3) is 4.03. The van der Waals surface area contributed by atoms with Gasteiger partial charge in [-0.25, -0.2) is 0 Å². The minimum absolute atomic E-state index is 0. The van der Waals surface area contributed by atoms with E-state index in [1.54, 1.807) is 0 Å². The van der Waals surface area contributed by atoms with Gasteiger partial charge in [0, 0.05) is 6.54 Å². The van der Waals surface area contributed by atoms with E-state index in [9.17, 15) is 5.11 Å². The summed E-state index contributed by atoms with van der Waals surface area (Å²) in [4.78, 5) is 0. The van der Waals surface area contributed by atoms with Crippen LogP contribution in [0.2, 0.25) is 0 Å². The molecule has 0 fully saturated rings. The highest BCUT2D eigenvalue weighted by Gasteiger charge is 2.20. The molecule has 1 heterocycles. The van der Waals surface area contributed by atoms with Gasteiger partial charge in [-0.05, 0) is 12.1 Å². The normalized spacial score (nSPS) is 18.9. The second-order valence-electron chi connectivity index (χ2n) is 3.92. The Kier molecular flexibility index (Phi) is 6.21. The van der Waals surface area contributed by atoms with Crippen molar-refractivity contribution in [3.05, 3.63) is 24.3 Å². The van der Waals surface area contributed by atoms with Crippen LogP contribution in [0.1, 0.15) is 0 Å². The first kappa shape index (κ1) is 15.0. The van der Waals surface area contributed by atoms with E-state index < -0.39 is 6.10 Å². The summed E-state index contributed by atoms with van der Waals surface area (Å²) < 4.78 is 16.5. The minimum atomic E-state index is -0.619. The van der Waals surface area contributed by atoms with Gasteiger partial charge in [0.25, 0.3) is 0 Å². The second kappa shape index (κ2) is 7.43. The first-order valence-corrected chi connectivity index (χ1v) is 5.64. The van der Waals surface area contributed by atoms with Crippen molar-refractivity contribution in [1.29, 1.82) is 0 Å². The fraction of sp³-hybridized carbons (Fsp3) is 0.500. The Morgan fingerprint density at radius 3 is 2.83 bits per heavy atom. The predicted molar refractivity (Wildman–Crippen MR) is 69.5 cm³/mol. The van der Waals surface area contributed by atoms with Gasteiger partial charge in [0.05, 0.1) is 19.3 Å². The number of nitrogens with two attached hydrogens (primary N) is 1. The van der Waals surface area contributed by atoms with E-state index in [0.29, 0.717) is 13.2 Å². The number of para-hydroxylation sites is 2. The smallest absolute Gasteiger partial charge is 0.161 e. The fourth-order valence-corrected chi connectivity index (χ4v) is 1.55. The van der Waals surface area contributed by atoms with Gasteiger partial charge < -0.3 is 25.1 Å². The monoisotopic (exact) mass is 275 g/mol. The lowest BCUT2D eigenvalue weighted by Crippen LogP contribution is -2.35. The molecule has 6 heteroatoms. The summed E-state index contributed by atoms with van der Waals surface area (Å²) in [5, 5.41) is 9.22. The van der Waals surface area contributed by atoms with Crippen LogP contribution in [-0.2, 0) is 4.74 Å². The van der Waals surface area contributed by atoms with E-state index in [0.717, 1.165) is 11.5 Å². The molecule has 5 nitrogen and oxygen atoms in total. The van der Waals surface area contributed by atoms with E-state index in [1.807, 2.05) is 24.3 Å². The van der Waals surface area contributed by atoms with Gasteiger partial charge >= 0.3 is 0 Å². The van der Waals surface area contributed by atoms with Gasteiger partial charge in [0.1, 0.15) is 6.61 Å². The molecule has 1 aromatic rings. The number of aliphatic hydroxyl groups excluding tert-OH is 1. The average Bonchev–Trinajstić information content (AvgIpc) is 2.38. The zero-order valence-electron chi connectivity index (χ0n) is 9.95. The zero-order valence-corrected chi connectivity index (χ0v) is 10.8. The molecule has 1 aromatic carbocycles.